The quantitative estimate of drug-likeness (QED) is 0.925. The number of hydrogen-bond acceptors (Lipinski definition) is 3. The lowest BCUT2D eigenvalue weighted by Crippen LogP contribution is -2.46. The van der Waals surface area contributed by atoms with Crippen molar-refractivity contribution in [2.75, 3.05) is 19.7 Å². The number of ether oxygens (including phenoxy) is 1. The molecule has 1 fully saturated rings. The Morgan fingerprint density at radius 1 is 1.45 bits per heavy atom. The third-order valence-corrected chi connectivity index (χ3v) is 4.01. The number of nitrogens with zero attached hydrogens (tertiary/aromatic N) is 1. The van der Waals surface area contributed by atoms with Crippen molar-refractivity contribution in [1.82, 2.24) is 4.90 Å². The molecule has 0 spiro atoms. The first-order valence-electron chi connectivity index (χ1n) is 7.28. The number of carbonyl (C=O) groups is 2. The van der Waals surface area contributed by atoms with Gasteiger partial charge in [-0.3, -0.25) is 9.59 Å². The first-order chi connectivity index (χ1) is 10.4. The third-order valence-electron chi connectivity index (χ3n) is 4.01. The van der Waals surface area contributed by atoms with E-state index < -0.39 is 17.7 Å². The zero-order valence-corrected chi connectivity index (χ0v) is 12.7. The molecule has 2 atom stereocenters. The molecule has 5 nitrogen and oxygen atoms in total. The van der Waals surface area contributed by atoms with Crippen molar-refractivity contribution in [3.63, 3.8) is 0 Å². The van der Waals surface area contributed by atoms with Crippen LogP contribution < -0.4 is 4.74 Å². The van der Waals surface area contributed by atoms with Crippen LogP contribution in [0.25, 0.3) is 0 Å². The SMILES string of the molecule is Cc1ccc(F)c(OCC(=O)N2CCC(C(=O)O)C(C)C2)c1. The highest BCUT2D eigenvalue weighted by Crippen LogP contribution is 2.24. The number of carboxylic acids is 1. The van der Waals surface area contributed by atoms with Gasteiger partial charge < -0.3 is 14.7 Å². The van der Waals surface area contributed by atoms with Gasteiger partial charge in [-0.05, 0) is 37.0 Å². The van der Waals surface area contributed by atoms with Gasteiger partial charge in [-0.1, -0.05) is 13.0 Å². The van der Waals surface area contributed by atoms with Crippen molar-refractivity contribution in [1.29, 1.82) is 0 Å². The van der Waals surface area contributed by atoms with Crippen molar-refractivity contribution in [3.8, 4) is 5.75 Å². The standard InChI is InChI=1S/C16H20FNO4/c1-10-3-4-13(17)14(7-10)22-9-15(19)18-6-5-12(16(20)21)11(2)8-18/h3-4,7,11-12H,5-6,8-9H2,1-2H3,(H,20,21). The molecular formula is C16H20FNO4. The van der Waals surface area contributed by atoms with Gasteiger partial charge in [-0.15, -0.1) is 0 Å². The minimum absolute atomic E-state index is 0.0572. The van der Waals surface area contributed by atoms with Crippen LogP contribution in [-0.2, 0) is 9.59 Å². The van der Waals surface area contributed by atoms with E-state index in [1.165, 1.54) is 6.07 Å². The Morgan fingerprint density at radius 2 is 2.18 bits per heavy atom. The van der Waals surface area contributed by atoms with Crippen molar-refractivity contribution in [2.45, 2.75) is 20.3 Å². The van der Waals surface area contributed by atoms with E-state index in [4.69, 9.17) is 9.84 Å². The van der Waals surface area contributed by atoms with Crippen LogP contribution >= 0.6 is 0 Å². The second-order valence-corrected chi connectivity index (χ2v) is 5.77. The number of aryl methyl sites for hydroxylation is 1. The Morgan fingerprint density at radius 3 is 2.82 bits per heavy atom. The summed E-state index contributed by atoms with van der Waals surface area (Å²) in [7, 11) is 0. The Hall–Kier alpha value is -2.11. The molecule has 1 amide bonds. The number of amides is 1. The number of rotatable bonds is 4. The van der Waals surface area contributed by atoms with Gasteiger partial charge >= 0.3 is 5.97 Å². The van der Waals surface area contributed by atoms with Crippen LogP contribution in [0.2, 0.25) is 0 Å². The fraction of sp³-hybridized carbons (Fsp3) is 0.500. The van der Waals surface area contributed by atoms with Crippen LogP contribution in [0.3, 0.4) is 0 Å². The highest BCUT2D eigenvalue weighted by molar-refractivity contribution is 5.78. The molecule has 1 heterocycles. The van der Waals surface area contributed by atoms with Gasteiger partial charge in [0.15, 0.2) is 18.2 Å². The lowest BCUT2D eigenvalue weighted by atomic mass is 9.87. The lowest BCUT2D eigenvalue weighted by Gasteiger charge is -2.34. The summed E-state index contributed by atoms with van der Waals surface area (Å²) in [5, 5.41) is 9.07. The molecule has 0 aromatic heterocycles. The van der Waals surface area contributed by atoms with E-state index in [1.54, 1.807) is 17.0 Å². The molecule has 2 rings (SSSR count). The second kappa shape index (κ2) is 6.77. The highest BCUT2D eigenvalue weighted by Gasteiger charge is 2.33. The average molecular weight is 309 g/mol. The van der Waals surface area contributed by atoms with Crippen molar-refractivity contribution in [3.05, 3.63) is 29.6 Å². The predicted octanol–water partition coefficient (Wildman–Crippen LogP) is 2.08. The van der Waals surface area contributed by atoms with E-state index in [9.17, 15) is 14.0 Å². The van der Waals surface area contributed by atoms with E-state index in [2.05, 4.69) is 0 Å². The fourth-order valence-corrected chi connectivity index (χ4v) is 2.69. The number of aliphatic carboxylic acids is 1. The van der Waals surface area contributed by atoms with Gasteiger partial charge in [0.1, 0.15) is 0 Å². The minimum atomic E-state index is -0.822. The summed E-state index contributed by atoms with van der Waals surface area (Å²) in [6.07, 6.45) is 0.432. The first kappa shape index (κ1) is 16.3. The molecule has 6 heteroatoms. The number of likely N-dealkylation sites (tertiary alicyclic amines) is 1. The predicted molar refractivity (Wildman–Crippen MR) is 78.1 cm³/mol. The number of halogens is 1. The molecule has 1 aromatic rings. The Balaban J connectivity index is 1.91. The van der Waals surface area contributed by atoms with Gasteiger partial charge in [0.2, 0.25) is 0 Å². The van der Waals surface area contributed by atoms with E-state index in [-0.39, 0.29) is 24.2 Å². The molecule has 0 saturated carbocycles. The molecular weight excluding hydrogens is 289 g/mol. The monoisotopic (exact) mass is 309 g/mol. The summed E-state index contributed by atoms with van der Waals surface area (Å²) < 4.78 is 18.8. The fourth-order valence-electron chi connectivity index (χ4n) is 2.69. The Bertz CT molecular complexity index is 575. The topological polar surface area (TPSA) is 66.8 Å². The van der Waals surface area contributed by atoms with Gasteiger partial charge in [-0.2, -0.15) is 0 Å². The normalized spacial score (nSPS) is 21.5. The summed E-state index contributed by atoms with van der Waals surface area (Å²) in [6.45, 7) is 4.16. The number of carbonyl (C=O) groups excluding carboxylic acids is 1. The Kier molecular flexibility index (Phi) is 5.00. The zero-order valence-electron chi connectivity index (χ0n) is 12.7. The van der Waals surface area contributed by atoms with E-state index >= 15 is 0 Å². The third kappa shape index (κ3) is 3.75. The Labute approximate surface area is 128 Å². The van der Waals surface area contributed by atoms with Crippen molar-refractivity contribution in [2.24, 2.45) is 11.8 Å². The molecule has 1 aliphatic heterocycles. The number of benzene rings is 1. The van der Waals surface area contributed by atoms with Crippen LogP contribution in [0, 0.1) is 24.6 Å². The molecule has 0 radical (unpaired) electrons. The van der Waals surface area contributed by atoms with E-state index in [0.717, 1.165) is 5.56 Å². The number of carboxylic acid groups (broad SMARTS) is 1. The van der Waals surface area contributed by atoms with E-state index in [1.807, 2.05) is 13.8 Å². The van der Waals surface area contributed by atoms with Gasteiger partial charge in [0.25, 0.3) is 5.91 Å². The maximum atomic E-state index is 13.5. The largest absolute Gasteiger partial charge is 0.481 e. The molecule has 22 heavy (non-hydrogen) atoms. The van der Waals surface area contributed by atoms with Gasteiger partial charge in [0, 0.05) is 13.1 Å². The summed E-state index contributed by atoms with van der Waals surface area (Å²) in [6, 6.07) is 4.47. The van der Waals surface area contributed by atoms with Crippen LogP contribution in [-0.4, -0.2) is 41.6 Å². The highest BCUT2D eigenvalue weighted by atomic mass is 19.1. The first-order valence-corrected chi connectivity index (χ1v) is 7.28. The second-order valence-electron chi connectivity index (χ2n) is 5.77. The molecule has 1 aromatic carbocycles. The average Bonchev–Trinajstić information content (AvgIpc) is 2.47. The number of hydrogen-bond donors (Lipinski definition) is 1. The van der Waals surface area contributed by atoms with Gasteiger partial charge in [-0.25, -0.2) is 4.39 Å². The maximum absolute atomic E-state index is 13.5. The number of piperidine rings is 1. The zero-order chi connectivity index (χ0) is 16.3. The summed E-state index contributed by atoms with van der Waals surface area (Å²) in [5.74, 6) is -2.04. The van der Waals surface area contributed by atoms with E-state index in [0.29, 0.717) is 19.5 Å². The van der Waals surface area contributed by atoms with Crippen LogP contribution in [0.4, 0.5) is 4.39 Å². The smallest absolute Gasteiger partial charge is 0.306 e. The molecule has 2 unspecified atom stereocenters. The maximum Gasteiger partial charge on any atom is 0.306 e. The molecule has 1 saturated heterocycles. The molecule has 1 N–H and O–H groups in total. The van der Waals surface area contributed by atoms with Crippen LogP contribution in [0.15, 0.2) is 18.2 Å². The van der Waals surface area contributed by atoms with Crippen LogP contribution in [0.5, 0.6) is 5.75 Å². The molecule has 0 aliphatic carbocycles. The summed E-state index contributed by atoms with van der Waals surface area (Å²) >= 11 is 0. The molecule has 120 valence electrons. The van der Waals surface area contributed by atoms with Gasteiger partial charge in [0.05, 0.1) is 5.92 Å². The van der Waals surface area contributed by atoms with Crippen LogP contribution in [0.1, 0.15) is 18.9 Å². The lowest BCUT2D eigenvalue weighted by molar-refractivity contribution is -0.148. The molecule has 0 bridgehead atoms. The molecule has 1 aliphatic rings. The van der Waals surface area contributed by atoms with Crippen molar-refractivity contribution >= 4 is 11.9 Å². The summed E-state index contributed by atoms with van der Waals surface area (Å²) in [5.41, 5.74) is 0.847. The summed E-state index contributed by atoms with van der Waals surface area (Å²) in [4.78, 5) is 24.8. The minimum Gasteiger partial charge on any atom is -0.481 e. The van der Waals surface area contributed by atoms with Crippen molar-refractivity contribution < 1.29 is 23.8 Å².